The quantitative estimate of drug-likeness (QED) is 0.563. The highest BCUT2D eigenvalue weighted by Gasteiger charge is 2.33. The smallest absolute Gasteiger partial charge is 0.335 e. The van der Waals surface area contributed by atoms with Gasteiger partial charge in [-0.3, -0.25) is 4.79 Å². The second-order valence-electron chi connectivity index (χ2n) is 6.91. The number of fused-ring (bicyclic) bond motifs is 1. The van der Waals surface area contributed by atoms with Gasteiger partial charge < -0.3 is 21.1 Å². The average Bonchev–Trinajstić information content (AvgIpc) is 2.71. The van der Waals surface area contributed by atoms with Crippen LogP contribution in [0.3, 0.4) is 0 Å². The van der Waals surface area contributed by atoms with E-state index in [9.17, 15) is 19.5 Å². The van der Waals surface area contributed by atoms with Crippen molar-refractivity contribution in [1.29, 1.82) is 0 Å². The fourth-order valence-corrected chi connectivity index (χ4v) is 4.58. The van der Waals surface area contributed by atoms with Crippen molar-refractivity contribution in [2.24, 2.45) is 0 Å². The van der Waals surface area contributed by atoms with Crippen LogP contribution in [0.25, 0.3) is 0 Å². The van der Waals surface area contributed by atoms with Gasteiger partial charge in [0.2, 0.25) is 5.91 Å². The van der Waals surface area contributed by atoms with Gasteiger partial charge in [0.05, 0.1) is 23.1 Å². The Bertz CT molecular complexity index is 1090. The standard InChI is InChI=1S/C21H18ClN3O4S/c22-13-4-2-1-3-11(13)5-7-14-18(20(27)28)19(25-21(29)24-14)12-6-8-16-15(9-12)23-17(26)10-30-16/h1-4,6,8-9,19H,5,7,10H2,(H,23,26)(H,27,28)(H2,24,25,29)/t19-/m0/s1. The molecule has 9 heteroatoms. The van der Waals surface area contributed by atoms with Crippen molar-refractivity contribution in [3.05, 3.63) is 69.9 Å². The van der Waals surface area contributed by atoms with Gasteiger partial charge in [-0.15, -0.1) is 11.8 Å². The molecule has 0 spiro atoms. The monoisotopic (exact) mass is 443 g/mol. The number of hydrogen-bond acceptors (Lipinski definition) is 4. The topological polar surface area (TPSA) is 108 Å². The zero-order valence-corrected chi connectivity index (χ0v) is 17.3. The van der Waals surface area contributed by atoms with Gasteiger partial charge in [-0.2, -0.15) is 0 Å². The predicted molar refractivity (Wildman–Crippen MR) is 115 cm³/mol. The number of aliphatic carboxylic acids is 1. The number of carboxylic acid groups (broad SMARTS) is 1. The predicted octanol–water partition coefficient (Wildman–Crippen LogP) is 3.71. The fourth-order valence-electron chi connectivity index (χ4n) is 3.56. The van der Waals surface area contributed by atoms with E-state index in [1.807, 2.05) is 24.3 Å². The number of halogens is 1. The van der Waals surface area contributed by atoms with Crippen LogP contribution in [0.2, 0.25) is 5.02 Å². The third kappa shape index (κ3) is 4.15. The number of carbonyl (C=O) groups is 3. The van der Waals surface area contributed by atoms with E-state index in [4.69, 9.17) is 11.6 Å². The first-order valence-electron chi connectivity index (χ1n) is 9.26. The molecular weight excluding hydrogens is 426 g/mol. The first-order valence-corrected chi connectivity index (χ1v) is 10.6. The Morgan fingerprint density at radius 2 is 1.93 bits per heavy atom. The molecule has 2 aromatic carbocycles. The van der Waals surface area contributed by atoms with E-state index in [1.165, 1.54) is 11.8 Å². The lowest BCUT2D eigenvalue weighted by Gasteiger charge is -2.29. The van der Waals surface area contributed by atoms with E-state index in [0.717, 1.165) is 10.5 Å². The van der Waals surface area contributed by atoms with Gasteiger partial charge in [-0.25, -0.2) is 9.59 Å². The molecule has 0 radical (unpaired) electrons. The highest BCUT2D eigenvalue weighted by Crippen LogP contribution is 2.36. The van der Waals surface area contributed by atoms with Gasteiger partial charge in [-0.05, 0) is 42.2 Å². The molecule has 0 bridgehead atoms. The lowest BCUT2D eigenvalue weighted by atomic mass is 9.93. The Balaban J connectivity index is 1.68. The van der Waals surface area contributed by atoms with Crippen LogP contribution in [0.5, 0.6) is 0 Å². The molecule has 1 atom stereocenters. The number of anilines is 1. The molecule has 0 unspecified atom stereocenters. The minimum absolute atomic E-state index is 0.0661. The molecule has 0 fully saturated rings. The number of nitrogens with one attached hydrogen (secondary N) is 3. The number of rotatable bonds is 5. The summed E-state index contributed by atoms with van der Waals surface area (Å²) in [7, 11) is 0. The van der Waals surface area contributed by atoms with Crippen LogP contribution in [-0.2, 0) is 16.0 Å². The first kappa shape index (κ1) is 20.3. The minimum atomic E-state index is -1.13. The van der Waals surface area contributed by atoms with Crippen molar-refractivity contribution in [3.8, 4) is 0 Å². The maximum absolute atomic E-state index is 12.3. The number of benzene rings is 2. The number of allylic oxidation sites excluding steroid dienone is 1. The molecule has 2 aromatic rings. The van der Waals surface area contributed by atoms with Crippen molar-refractivity contribution >= 4 is 47.0 Å². The number of aryl methyl sites for hydroxylation is 1. The first-order chi connectivity index (χ1) is 14.4. The highest BCUT2D eigenvalue weighted by atomic mass is 35.5. The summed E-state index contributed by atoms with van der Waals surface area (Å²) in [5.74, 6) is -0.908. The van der Waals surface area contributed by atoms with Crippen molar-refractivity contribution in [1.82, 2.24) is 10.6 Å². The van der Waals surface area contributed by atoms with Crippen molar-refractivity contribution in [3.63, 3.8) is 0 Å². The van der Waals surface area contributed by atoms with Gasteiger partial charge in [0.15, 0.2) is 0 Å². The molecule has 0 saturated carbocycles. The average molecular weight is 444 g/mol. The van der Waals surface area contributed by atoms with Crippen LogP contribution in [0, 0.1) is 0 Å². The second kappa shape index (κ2) is 8.41. The minimum Gasteiger partial charge on any atom is -0.478 e. The van der Waals surface area contributed by atoms with E-state index < -0.39 is 18.0 Å². The molecular formula is C21H18ClN3O4S. The van der Waals surface area contributed by atoms with Crippen LogP contribution in [0.1, 0.15) is 23.6 Å². The molecule has 2 aliphatic heterocycles. The van der Waals surface area contributed by atoms with Crippen molar-refractivity contribution in [2.75, 3.05) is 11.1 Å². The molecule has 30 heavy (non-hydrogen) atoms. The van der Waals surface area contributed by atoms with Gasteiger partial charge in [0.1, 0.15) is 0 Å². The number of amides is 3. The molecule has 2 aliphatic rings. The number of carboxylic acids is 1. The van der Waals surface area contributed by atoms with Crippen LogP contribution in [0.15, 0.2) is 58.6 Å². The summed E-state index contributed by atoms with van der Waals surface area (Å²) in [6.07, 6.45) is 0.794. The van der Waals surface area contributed by atoms with E-state index in [2.05, 4.69) is 16.0 Å². The molecule has 3 amide bonds. The Labute approximate surface area is 181 Å². The van der Waals surface area contributed by atoms with Gasteiger partial charge >= 0.3 is 12.0 Å². The molecule has 0 aromatic heterocycles. The zero-order valence-electron chi connectivity index (χ0n) is 15.7. The summed E-state index contributed by atoms with van der Waals surface area (Å²) < 4.78 is 0. The fraction of sp³-hybridized carbons (Fsp3) is 0.190. The highest BCUT2D eigenvalue weighted by molar-refractivity contribution is 8.00. The van der Waals surface area contributed by atoms with Crippen LogP contribution >= 0.6 is 23.4 Å². The third-order valence-electron chi connectivity index (χ3n) is 4.96. The molecule has 4 N–H and O–H groups in total. The third-order valence-corrected chi connectivity index (χ3v) is 6.40. The van der Waals surface area contributed by atoms with Crippen molar-refractivity contribution < 1.29 is 19.5 Å². The largest absolute Gasteiger partial charge is 0.478 e. The van der Waals surface area contributed by atoms with E-state index >= 15 is 0 Å². The van der Waals surface area contributed by atoms with Gasteiger partial charge in [0.25, 0.3) is 0 Å². The van der Waals surface area contributed by atoms with Crippen LogP contribution < -0.4 is 16.0 Å². The van der Waals surface area contributed by atoms with E-state index in [-0.39, 0.29) is 11.5 Å². The number of hydrogen-bond donors (Lipinski definition) is 4. The summed E-state index contributed by atoms with van der Waals surface area (Å²) in [4.78, 5) is 37.0. The number of carbonyl (C=O) groups excluding carboxylic acids is 2. The second-order valence-corrected chi connectivity index (χ2v) is 8.34. The summed E-state index contributed by atoms with van der Waals surface area (Å²) in [6.45, 7) is 0. The normalized spacial score (nSPS) is 18.2. The molecule has 0 aliphatic carbocycles. The number of thioether (sulfide) groups is 1. The Kier molecular flexibility index (Phi) is 5.69. The summed E-state index contributed by atoms with van der Waals surface area (Å²) >= 11 is 7.62. The maximum atomic E-state index is 12.3. The van der Waals surface area contributed by atoms with Gasteiger partial charge in [-0.1, -0.05) is 35.9 Å². The summed E-state index contributed by atoms with van der Waals surface area (Å²) in [5.41, 5.74) is 2.47. The van der Waals surface area contributed by atoms with Crippen molar-refractivity contribution in [2.45, 2.75) is 23.8 Å². The van der Waals surface area contributed by atoms with Crippen LogP contribution in [0.4, 0.5) is 10.5 Å². The lowest BCUT2D eigenvalue weighted by Crippen LogP contribution is -2.45. The molecule has 7 nitrogen and oxygen atoms in total. The van der Waals surface area contributed by atoms with Gasteiger partial charge in [0, 0.05) is 15.6 Å². The Morgan fingerprint density at radius 3 is 2.70 bits per heavy atom. The van der Waals surface area contributed by atoms with Crippen LogP contribution in [-0.4, -0.2) is 28.8 Å². The molecule has 154 valence electrons. The zero-order chi connectivity index (χ0) is 21.3. The molecule has 0 saturated heterocycles. The Morgan fingerprint density at radius 1 is 1.13 bits per heavy atom. The molecule has 2 heterocycles. The lowest BCUT2D eigenvalue weighted by molar-refractivity contribution is -0.133. The maximum Gasteiger partial charge on any atom is 0.335 e. The Hall–Kier alpha value is -2.97. The molecule has 4 rings (SSSR count). The van der Waals surface area contributed by atoms with E-state index in [1.54, 1.807) is 18.2 Å². The number of urea groups is 1. The SMILES string of the molecule is O=C1CSc2ccc([C@@H]3NC(=O)NC(CCc4ccccc4Cl)=C3C(=O)O)cc2N1. The summed E-state index contributed by atoms with van der Waals surface area (Å²) in [6, 6.07) is 11.3. The van der Waals surface area contributed by atoms with E-state index in [0.29, 0.717) is 40.6 Å². The summed E-state index contributed by atoms with van der Waals surface area (Å²) in [5, 5.41) is 18.6.